The third kappa shape index (κ3) is 2.73. The molecule has 0 fully saturated rings. The van der Waals surface area contributed by atoms with Crippen LogP contribution in [0.25, 0.3) is 0 Å². The summed E-state index contributed by atoms with van der Waals surface area (Å²) in [7, 11) is 0. The number of hydrogen-bond donors (Lipinski definition) is 1. The Bertz CT molecular complexity index is 600. The lowest BCUT2D eigenvalue weighted by Crippen LogP contribution is -2.04. The number of hydrogen-bond acceptors (Lipinski definition) is 5. The molecule has 1 aromatic heterocycles. The summed E-state index contributed by atoms with van der Waals surface area (Å²) in [5.41, 5.74) is 3.25. The largest absolute Gasteiger partial charge is 0.375 e. The molecule has 19 heavy (non-hydrogen) atoms. The molecule has 0 bridgehead atoms. The molecular weight excluding hydrogens is 246 g/mol. The van der Waals surface area contributed by atoms with E-state index in [1.807, 2.05) is 20.8 Å². The maximum atomic E-state index is 11.0. The smallest absolute Gasteiger partial charge is 0.292 e. The van der Waals surface area contributed by atoms with Crippen LogP contribution < -0.4 is 5.32 Å². The highest BCUT2D eigenvalue weighted by atomic mass is 16.6. The van der Waals surface area contributed by atoms with Crippen molar-refractivity contribution >= 4 is 11.4 Å². The van der Waals surface area contributed by atoms with Gasteiger partial charge in [0, 0.05) is 18.2 Å². The predicted octanol–water partition coefficient (Wildman–Crippen LogP) is 3.12. The van der Waals surface area contributed by atoms with Gasteiger partial charge in [-0.3, -0.25) is 10.1 Å². The molecule has 0 aliphatic rings. The first-order valence-corrected chi connectivity index (χ1v) is 5.89. The SMILES string of the molecule is Cc1ccc([N+](=O)[O-])c(NCc2c(C)noc2C)c1. The molecule has 1 N–H and O–H groups in total. The molecule has 0 saturated heterocycles. The van der Waals surface area contributed by atoms with Crippen molar-refractivity contribution in [1.82, 2.24) is 5.16 Å². The number of aryl methyl sites for hydroxylation is 3. The summed E-state index contributed by atoms with van der Waals surface area (Å²) in [6.07, 6.45) is 0. The molecule has 0 aliphatic heterocycles. The van der Waals surface area contributed by atoms with Crippen molar-refractivity contribution in [3.63, 3.8) is 0 Å². The van der Waals surface area contributed by atoms with E-state index < -0.39 is 4.92 Å². The van der Waals surface area contributed by atoms with Crippen molar-refractivity contribution in [2.45, 2.75) is 27.3 Å². The Hall–Kier alpha value is -2.37. The Morgan fingerprint density at radius 1 is 1.37 bits per heavy atom. The summed E-state index contributed by atoms with van der Waals surface area (Å²) in [5, 5.41) is 17.9. The second-order valence-corrected chi connectivity index (χ2v) is 4.43. The standard InChI is InChI=1S/C13H15N3O3/c1-8-4-5-13(16(17)18)12(6-8)14-7-11-9(2)15-19-10(11)3/h4-6,14H,7H2,1-3H3. The van der Waals surface area contributed by atoms with Crippen LogP contribution in [0, 0.1) is 30.9 Å². The van der Waals surface area contributed by atoms with E-state index in [-0.39, 0.29) is 5.69 Å². The van der Waals surface area contributed by atoms with Crippen LogP contribution in [0.4, 0.5) is 11.4 Å². The summed E-state index contributed by atoms with van der Waals surface area (Å²) in [5.74, 6) is 0.723. The van der Waals surface area contributed by atoms with Gasteiger partial charge in [0.1, 0.15) is 11.4 Å². The van der Waals surface area contributed by atoms with Gasteiger partial charge < -0.3 is 9.84 Å². The lowest BCUT2D eigenvalue weighted by atomic mass is 10.1. The highest BCUT2D eigenvalue weighted by Crippen LogP contribution is 2.26. The molecule has 0 saturated carbocycles. The van der Waals surface area contributed by atoms with Gasteiger partial charge in [0.2, 0.25) is 0 Å². The number of nitrogens with zero attached hydrogens (tertiary/aromatic N) is 2. The van der Waals surface area contributed by atoms with Gasteiger partial charge in [0.05, 0.1) is 10.6 Å². The Labute approximate surface area is 110 Å². The molecule has 0 spiro atoms. The number of nitro groups is 1. The van der Waals surface area contributed by atoms with E-state index >= 15 is 0 Å². The fourth-order valence-electron chi connectivity index (χ4n) is 1.89. The zero-order chi connectivity index (χ0) is 14.0. The van der Waals surface area contributed by atoms with Gasteiger partial charge in [-0.05, 0) is 32.4 Å². The lowest BCUT2D eigenvalue weighted by Gasteiger charge is -2.07. The Balaban J connectivity index is 2.24. The van der Waals surface area contributed by atoms with Crippen LogP contribution in [0.5, 0.6) is 0 Å². The van der Waals surface area contributed by atoms with E-state index in [2.05, 4.69) is 10.5 Å². The third-order valence-electron chi connectivity index (χ3n) is 2.99. The van der Waals surface area contributed by atoms with Crippen LogP contribution in [-0.2, 0) is 6.54 Å². The molecule has 2 aromatic rings. The van der Waals surface area contributed by atoms with Crippen LogP contribution in [0.2, 0.25) is 0 Å². The van der Waals surface area contributed by atoms with E-state index in [4.69, 9.17) is 4.52 Å². The van der Waals surface area contributed by atoms with Gasteiger partial charge in [-0.1, -0.05) is 11.2 Å². The third-order valence-corrected chi connectivity index (χ3v) is 2.99. The zero-order valence-corrected chi connectivity index (χ0v) is 11.1. The van der Waals surface area contributed by atoms with E-state index in [1.54, 1.807) is 12.1 Å². The molecule has 0 amide bonds. The van der Waals surface area contributed by atoms with Gasteiger partial charge in [-0.15, -0.1) is 0 Å². The second kappa shape index (κ2) is 5.09. The molecule has 0 atom stereocenters. The topological polar surface area (TPSA) is 81.2 Å². The molecule has 0 radical (unpaired) electrons. The quantitative estimate of drug-likeness (QED) is 0.675. The molecule has 1 aromatic carbocycles. The number of nitro benzene ring substituents is 1. The van der Waals surface area contributed by atoms with Crippen LogP contribution >= 0.6 is 0 Å². The summed E-state index contributed by atoms with van der Waals surface area (Å²) < 4.78 is 5.06. The van der Waals surface area contributed by atoms with E-state index in [1.165, 1.54) is 6.07 Å². The number of aromatic nitrogens is 1. The normalized spacial score (nSPS) is 10.5. The minimum Gasteiger partial charge on any atom is -0.375 e. The lowest BCUT2D eigenvalue weighted by molar-refractivity contribution is -0.384. The van der Waals surface area contributed by atoms with Crippen LogP contribution in [0.1, 0.15) is 22.6 Å². The van der Waals surface area contributed by atoms with Gasteiger partial charge >= 0.3 is 0 Å². The average Bonchev–Trinajstić information content (AvgIpc) is 2.66. The van der Waals surface area contributed by atoms with Crippen LogP contribution in [0.3, 0.4) is 0 Å². The summed E-state index contributed by atoms with van der Waals surface area (Å²) in [6.45, 7) is 6.01. The number of anilines is 1. The van der Waals surface area contributed by atoms with E-state index in [0.29, 0.717) is 12.2 Å². The predicted molar refractivity (Wildman–Crippen MR) is 71.1 cm³/mol. The molecule has 6 heteroatoms. The number of nitrogens with one attached hydrogen (secondary N) is 1. The van der Waals surface area contributed by atoms with E-state index in [9.17, 15) is 10.1 Å². The van der Waals surface area contributed by atoms with Gasteiger partial charge in [0.25, 0.3) is 5.69 Å². The van der Waals surface area contributed by atoms with Crippen molar-refractivity contribution in [3.8, 4) is 0 Å². The van der Waals surface area contributed by atoms with Crippen LogP contribution in [-0.4, -0.2) is 10.1 Å². The maximum absolute atomic E-state index is 11.0. The highest BCUT2D eigenvalue weighted by molar-refractivity contribution is 5.62. The highest BCUT2D eigenvalue weighted by Gasteiger charge is 2.15. The minimum absolute atomic E-state index is 0.0670. The summed E-state index contributed by atoms with van der Waals surface area (Å²) in [6, 6.07) is 4.99. The van der Waals surface area contributed by atoms with Crippen molar-refractivity contribution in [3.05, 3.63) is 50.9 Å². The van der Waals surface area contributed by atoms with Crippen molar-refractivity contribution in [2.24, 2.45) is 0 Å². The second-order valence-electron chi connectivity index (χ2n) is 4.43. The molecule has 6 nitrogen and oxygen atoms in total. The fourth-order valence-corrected chi connectivity index (χ4v) is 1.89. The summed E-state index contributed by atoms with van der Waals surface area (Å²) >= 11 is 0. The first-order chi connectivity index (χ1) is 8.99. The Morgan fingerprint density at radius 3 is 2.68 bits per heavy atom. The van der Waals surface area contributed by atoms with Crippen molar-refractivity contribution in [1.29, 1.82) is 0 Å². The monoisotopic (exact) mass is 261 g/mol. The van der Waals surface area contributed by atoms with E-state index in [0.717, 1.165) is 22.6 Å². The zero-order valence-electron chi connectivity index (χ0n) is 11.1. The number of benzene rings is 1. The maximum Gasteiger partial charge on any atom is 0.292 e. The Kier molecular flexibility index (Phi) is 3.50. The Morgan fingerprint density at radius 2 is 2.11 bits per heavy atom. The molecule has 0 unspecified atom stereocenters. The van der Waals surface area contributed by atoms with Crippen LogP contribution in [0.15, 0.2) is 22.7 Å². The summed E-state index contributed by atoms with van der Waals surface area (Å²) in [4.78, 5) is 10.6. The first kappa shape index (κ1) is 13.1. The minimum atomic E-state index is -0.394. The molecular formula is C13H15N3O3. The first-order valence-electron chi connectivity index (χ1n) is 5.89. The average molecular weight is 261 g/mol. The van der Waals surface area contributed by atoms with Gasteiger partial charge in [0.15, 0.2) is 0 Å². The fraction of sp³-hybridized carbons (Fsp3) is 0.308. The molecule has 0 aliphatic carbocycles. The molecule has 100 valence electrons. The van der Waals surface area contributed by atoms with Gasteiger partial charge in [-0.25, -0.2) is 0 Å². The molecule has 2 rings (SSSR count). The molecule has 1 heterocycles. The van der Waals surface area contributed by atoms with Crippen molar-refractivity contribution < 1.29 is 9.45 Å². The van der Waals surface area contributed by atoms with Gasteiger partial charge in [-0.2, -0.15) is 0 Å². The number of rotatable bonds is 4. The van der Waals surface area contributed by atoms with Crippen molar-refractivity contribution in [2.75, 3.05) is 5.32 Å².